The second-order valence-electron chi connectivity index (χ2n) is 8.55. The molecule has 2 heterocycles. The van der Waals surface area contributed by atoms with Crippen LogP contribution in [0.25, 0.3) is 0 Å². The highest BCUT2D eigenvalue weighted by molar-refractivity contribution is 6.06. The fourth-order valence-corrected chi connectivity index (χ4v) is 4.30. The summed E-state index contributed by atoms with van der Waals surface area (Å²) in [6, 6.07) is 4.56. The van der Waals surface area contributed by atoms with Crippen molar-refractivity contribution in [2.45, 2.75) is 70.4 Å². The van der Waals surface area contributed by atoms with Gasteiger partial charge in [-0.2, -0.15) is 0 Å². The Labute approximate surface area is 194 Å². The lowest BCUT2D eigenvalue weighted by Gasteiger charge is -2.29. The monoisotopic (exact) mass is 458 g/mol. The molecule has 4 N–H and O–H groups in total. The molecule has 1 atom stereocenters. The molecule has 3 rings (SSSR count). The van der Waals surface area contributed by atoms with Crippen molar-refractivity contribution in [3.05, 3.63) is 29.3 Å². The number of fused-ring (bicyclic) bond motifs is 1. The first-order valence-electron chi connectivity index (χ1n) is 11.9. The number of hydrogen-bond donors (Lipinski definition) is 3. The standard InChI is InChI=1S/C24H34N4O5/c25-13-15-33-14-6-4-2-1-3-5-10-21(29)26-19-9-7-8-17-18(19)16-28(24(17)32)20-11-12-22(30)27-23(20)31/h7-9,20H,1-6,10-16,25H2,(H,26,29)(H,27,30,31). The highest BCUT2D eigenvalue weighted by Crippen LogP contribution is 2.32. The lowest BCUT2D eigenvalue weighted by Crippen LogP contribution is -2.52. The van der Waals surface area contributed by atoms with Crippen LogP contribution < -0.4 is 16.4 Å². The van der Waals surface area contributed by atoms with Gasteiger partial charge in [0.05, 0.1) is 6.61 Å². The van der Waals surface area contributed by atoms with Crippen LogP contribution in [0.2, 0.25) is 0 Å². The molecule has 1 aromatic carbocycles. The minimum Gasteiger partial charge on any atom is -0.380 e. The Morgan fingerprint density at radius 1 is 1.09 bits per heavy atom. The molecule has 0 aromatic heterocycles. The van der Waals surface area contributed by atoms with Gasteiger partial charge in [-0.1, -0.05) is 31.7 Å². The van der Waals surface area contributed by atoms with Crippen molar-refractivity contribution in [1.29, 1.82) is 0 Å². The quantitative estimate of drug-likeness (QED) is 0.306. The van der Waals surface area contributed by atoms with Crippen molar-refractivity contribution in [2.75, 3.05) is 25.1 Å². The molecule has 1 aromatic rings. The van der Waals surface area contributed by atoms with Gasteiger partial charge < -0.3 is 20.7 Å². The zero-order valence-corrected chi connectivity index (χ0v) is 19.1. The molecule has 9 heteroatoms. The maximum atomic E-state index is 12.9. The predicted molar refractivity (Wildman–Crippen MR) is 123 cm³/mol. The molecule has 1 saturated heterocycles. The number of amides is 4. The number of nitrogens with two attached hydrogens (primary N) is 1. The molecular formula is C24H34N4O5. The molecular weight excluding hydrogens is 424 g/mol. The number of piperidine rings is 1. The maximum Gasteiger partial charge on any atom is 0.255 e. The van der Waals surface area contributed by atoms with Gasteiger partial charge in [-0.25, -0.2) is 0 Å². The molecule has 180 valence electrons. The Morgan fingerprint density at radius 2 is 1.85 bits per heavy atom. The summed E-state index contributed by atoms with van der Waals surface area (Å²) in [6.07, 6.45) is 7.11. The number of carbonyl (C=O) groups excluding carboxylic acids is 4. The third-order valence-corrected chi connectivity index (χ3v) is 6.06. The molecule has 0 saturated carbocycles. The van der Waals surface area contributed by atoms with E-state index in [1.165, 1.54) is 4.90 Å². The largest absolute Gasteiger partial charge is 0.380 e. The summed E-state index contributed by atoms with van der Waals surface area (Å²) in [7, 11) is 0. The molecule has 0 aliphatic carbocycles. The first-order valence-corrected chi connectivity index (χ1v) is 11.9. The zero-order chi connectivity index (χ0) is 23.6. The number of rotatable bonds is 13. The van der Waals surface area contributed by atoms with E-state index in [0.29, 0.717) is 37.2 Å². The number of carbonyl (C=O) groups is 4. The van der Waals surface area contributed by atoms with Crippen LogP contribution in [0.15, 0.2) is 18.2 Å². The Kier molecular flexibility index (Phi) is 9.38. The first-order chi connectivity index (χ1) is 16.0. The molecule has 4 amide bonds. The fraction of sp³-hybridized carbons (Fsp3) is 0.583. The van der Waals surface area contributed by atoms with Crippen molar-refractivity contribution in [3.8, 4) is 0 Å². The predicted octanol–water partition coefficient (Wildman–Crippen LogP) is 2.09. The van der Waals surface area contributed by atoms with Gasteiger partial charge in [-0.15, -0.1) is 0 Å². The molecule has 0 spiro atoms. The summed E-state index contributed by atoms with van der Waals surface area (Å²) in [5.74, 6) is -1.08. The molecule has 33 heavy (non-hydrogen) atoms. The maximum absolute atomic E-state index is 12.9. The van der Waals surface area contributed by atoms with Crippen molar-refractivity contribution >= 4 is 29.3 Å². The number of nitrogens with one attached hydrogen (secondary N) is 2. The number of unbranched alkanes of at least 4 members (excludes halogenated alkanes) is 5. The van der Waals surface area contributed by atoms with Gasteiger partial charge in [0.1, 0.15) is 6.04 Å². The summed E-state index contributed by atoms with van der Waals surface area (Å²) in [5, 5.41) is 5.24. The average Bonchev–Trinajstić information content (AvgIpc) is 3.12. The summed E-state index contributed by atoms with van der Waals surface area (Å²) in [6.45, 7) is 2.17. The van der Waals surface area contributed by atoms with Gasteiger partial charge in [-0.3, -0.25) is 24.5 Å². The van der Waals surface area contributed by atoms with Gasteiger partial charge in [-0.05, 0) is 31.4 Å². The van der Waals surface area contributed by atoms with E-state index < -0.39 is 11.9 Å². The van der Waals surface area contributed by atoms with Crippen LogP contribution in [-0.2, 0) is 25.7 Å². The van der Waals surface area contributed by atoms with Crippen molar-refractivity contribution < 1.29 is 23.9 Å². The van der Waals surface area contributed by atoms with E-state index >= 15 is 0 Å². The van der Waals surface area contributed by atoms with Crippen LogP contribution in [0, 0.1) is 0 Å². The fourth-order valence-electron chi connectivity index (χ4n) is 4.30. The Balaban J connectivity index is 1.42. The Hall–Kier alpha value is -2.78. The van der Waals surface area contributed by atoms with Crippen LogP contribution >= 0.6 is 0 Å². The number of anilines is 1. The van der Waals surface area contributed by atoms with E-state index in [1.807, 2.05) is 0 Å². The highest BCUT2D eigenvalue weighted by Gasteiger charge is 2.39. The van der Waals surface area contributed by atoms with Gasteiger partial charge in [0.25, 0.3) is 5.91 Å². The van der Waals surface area contributed by atoms with Gasteiger partial charge in [0.15, 0.2) is 0 Å². The number of hydrogen-bond acceptors (Lipinski definition) is 6. The van der Waals surface area contributed by atoms with Crippen molar-refractivity contribution in [2.24, 2.45) is 5.73 Å². The van der Waals surface area contributed by atoms with E-state index in [2.05, 4.69) is 10.6 Å². The minimum absolute atomic E-state index is 0.0783. The molecule has 1 fully saturated rings. The average molecular weight is 459 g/mol. The van der Waals surface area contributed by atoms with Crippen LogP contribution in [-0.4, -0.2) is 54.3 Å². The lowest BCUT2D eigenvalue weighted by atomic mass is 10.0. The first kappa shape index (κ1) is 24.9. The summed E-state index contributed by atoms with van der Waals surface area (Å²) < 4.78 is 5.35. The molecule has 2 aliphatic heterocycles. The van der Waals surface area contributed by atoms with E-state index in [0.717, 1.165) is 50.7 Å². The Morgan fingerprint density at radius 3 is 2.61 bits per heavy atom. The SMILES string of the molecule is NCCOCCCCCCCCC(=O)Nc1cccc2c1CN(C1CCC(=O)NC1=O)C2=O. The molecule has 2 aliphatic rings. The van der Waals surface area contributed by atoms with Crippen LogP contribution in [0.4, 0.5) is 5.69 Å². The summed E-state index contributed by atoms with van der Waals surface area (Å²) in [4.78, 5) is 50.5. The highest BCUT2D eigenvalue weighted by atomic mass is 16.5. The van der Waals surface area contributed by atoms with Crippen molar-refractivity contribution in [1.82, 2.24) is 10.2 Å². The normalized spacial score (nSPS) is 17.8. The Bertz CT molecular complexity index is 872. The second kappa shape index (κ2) is 12.5. The minimum atomic E-state index is -0.668. The number of imide groups is 1. The smallest absolute Gasteiger partial charge is 0.255 e. The van der Waals surface area contributed by atoms with Crippen LogP contribution in [0.3, 0.4) is 0 Å². The van der Waals surface area contributed by atoms with Gasteiger partial charge in [0.2, 0.25) is 17.7 Å². The topological polar surface area (TPSA) is 131 Å². The van der Waals surface area contributed by atoms with E-state index in [9.17, 15) is 19.2 Å². The third kappa shape index (κ3) is 6.85. The van der Waals surface area contributed by atoms with Gasteiger partial charge >= 0.3 is 0 Å². The summed E-state index contributed by atoms with van der Waals surface area (Å²) >= 11 is 0. The third-order valence-electron chi connectivity index (χ3n) is 6.06. The van der Waals surface area contributed by atoms with E-state index in [-0.39, 0.29) is 30.7 Å². The molecule has 0 radical (unpaired) electrons. The van der Waals surface area contributed by atoms with Gasteiger partial charge in [0, 0.05) is 49.4 Å². The second-order valence-corrected chi connectivity index (χ2v) is 8.55. The molecule has 1 unspecified atom stereocenters. The number of ether oxygens (including phenoxy) is 1. The van der Waals surface area contributed by atoms with Crippen molar-refractivity contribution in [3.63, 3.8) is 0 Å². The van der Waals surface area contributed by atoms with E-state index in [4.69, 9.17) is 10.5 Å². The number of benzene rings is 1. The van der Waals surface area contributed by atoms with Crippen LogP contribution in [0.5, 0.6) is 0 Å². The number of nitrogens with zero attached hydrogens (tertiary/aromatic N) is 1. The van der Waals surface area contributed by atoms with Crippen LogP contribution in [0.1, 0.15) is 73.7 Å². The molecule has 9 nitrogen and oxygen atoms in total. The zero-order valence-electron chi connectivity index (χ0n) is 19.1. The lowest BCUT2D eigenvalue weighted by molar-refractivity contribution is -0.137. The van der Waals surface area contributed by atoms with E-state index in [1.54, 1.807) is 18.2 Å². The summed E-state index contributed by atoms with van der Waals surface area (Å²) in [5.41, 5.74) is 7.20. The molecule has 0 bridgehead atoms.